The molecule has 0 aromatic heterocycles. The third kappa shape index (κ3) is 7.39. The molecule has 0 aliphatic heterocycles. The van der Waals surface area contributed by atoms with Gasteiger partial charge in [-0.2, -0.15) is 0 Å². The maximum absolute atomic E-state index is 11.7. The summed E-state index contributed by atoms with van der Waals surface area (Å²) in [5, 5.41) is 12.0. The molecule has 0 rings (SSSR count). The van der Waals surface area contributed by atoms with Crippen molar-refractivity contribution in [2.24, 2.45) is 0 Å². The minimum Gasteiger partial charge on any atom is -0.459 e. The number of esters is 1. The van der Waals surface area contributed by atoms with Gasteiger partial charge in [0.05, 0.1) is 6.04 Å². The van der Waals surface area contributed by atoms with Gasteiger partial charge in [0.25, 0.3) is 0 Å². The molecule has 0 saturated heterocycles. The lowest BCUT2D eigenvalue weighted by atomic mass is 9.86. The lowest BCUT2D eigenvalue weighted by Gasteiger charge is -2.24. The van der Waals surface area contributed by atoms with Crippen molar-refractivity contribution in [2.45, 2.75) is 59.0 Å². The van der Waals surface area contributed by atoms with Crippen molar-refractivity contribution in [1.82, 2.24) is 5.23 Å². The van der Waals surface area contributed by atoms with E-state index in [1.165, 1.54) is 0 Å². The van der Waals surface area contributed by atoms with Crippen LogP contribution >= 0.6 is 0 Å². The third-order valence-corrected chi connectivity index (χ3v) is 1.71. The van der Waals surface area contributed by atoms with Crippen LogP contribution in [-0.2, 0) is 9.53 Å². The van der Waals surface area contributed by atoms with Crippen LogP contribution in [0.15, 0.2) is 0 Å². The molecule has 0 spiro atoms. The molecular weight excluding hydrogens is 193 g/mol. The van der Waals surface area contributed by atoms with Crippen LogP contribution in [0.25, 0.3) is 0 Å². The van der Waals surface area contributed by atoms with Crippen molar-refractivity contribution in [2.75, 3.05) is 0 Å². The lowest BCUT2D eigenvalue weighted by molar-refractivity contribution is -0.157. The number of hydrogen-bond donors (Lipinski definition) is 2. The zero-order valence-corrected chi connectivity index (χ0v) is 10.3. The molecule has 1 atom stereocenters. The Morgan fingerprint density at radius 1 is 1.53 bits per heavy atom. The van der Waals surface area contributed by atoms with Crippen LogP contribution in [-0.4, -0.2) is 29.7 Å². The van der Waals surface area contributed by atoms with E-state index in [4.69, 9.17) is 4.74 Å². The molecule has 0 aromatic carbocycles. The van der Waals surface area contributed by atoms with Crippen molar-refractivity contribution >= 4 is 13.0 Å². The first-order valence-electron chi connectivity index (χ1n) is 5.43. The molecule has 0 amide bonds. The van der Waals surface area contributed by atoms with Crippen LogP contribution in [0.1, 0.15) is 40.5 Å². The summed E-state index contributed by atoms with van der Waals surface area (Å²) < 4.78 is 5.24. The Morgan fingerprint density at radius 3 is 2.40 bits per heavy atom. The average Bonchev–Trinajstić information content (AvgIpc) is 1.99. The summed E-state index contributed by atoms with van der Waals surface area (Å²) >= 11 is 0. The Balaban J connectivity index is 4.28. The molecular formula is C10H22BNO3. The van der Waals surface area contributed by atoms with Crippen molar-refractivity contribution in [3.8, 4) is 0 Å². The summed E-state index contributed by atoms with van der Waals surface area (Å²) in [6.45, 7) is 9.07. The zero-order chi connectivity index (χ0) is 12.1. The van der Waals surface area contributed by atoms with Crippen LogP contribution in [0, 0.1) is 0 Å². The van der Waals surface area contributed by atoms with Gasteiger partial charge in [0.2, 0.25) is 0 Å². The van der Waals surface area contributed by atoms with E-state index in [1.807, 2.05) is 27.7 Å². The Hall–Kier alpha value is -0.545. The van der Waals surface area contributed by atoms with Crippen LogP contribution in [0.3, 0.4) is 0 Å². The van der Waals surface area contributed by atoms with Gasteiger partial charge in [0, 0.05) is 0 Å². The first-order valence-corrected chi connectivity index (χ1v) is 5.43. The molecule has 0 aliphatic carbocycles. The molecule has 0 radical (unpaired) electrons. The van der Waals surface area contributed by atoms with E-state index < -0.39 is 18.7 Å². The molecule has 88 valence electrons. The Morgan fingerprint density at radius 2 is 2.07 bits per heavy atom. The second-order valence-corrected chi connectivity index (χ2v) is 4.72. The third-order valence-electron chi connectivity index (χ3n) is 1.71. The van der Waals surface area contributed by atoms with Crippen LogP contribution in [0.4, 0.5) is 0 Å². The summed E-state index contributed by atoms with van der Waals surface area (Å²) in [6.07, 6.45) is 1.53. The number of rotatable bonds is 5. The summed E-state index contributed by atoms with van der Waals surface area (Å²) in [6, 6.07) is -0.422. The first kappa shape index (κ1) is 14.5. The van der Waals surface area contributed by atoms with Gasteiger partial charge < -0.3 is 15.0 Å². The standard InChI is InChI=1S/C10H22BNO3/c1-6-7-8(12-11(5)14)9(13)15-10(2,3)4/h8,12,14H,6-7H2,1-5H3/t8-/m0/s1. The van der Waals surface area contributed by atoms with Crippen molar-refractivity contribution in [3.05, 3.63) is 0 Å². The number of hydrogen-bond acceptors (Lipinski definition) is 4. The van der Waals surface area contributed by atoms with Crippen LogP contribution in [0.2, 0.25) is 6.82 Å². The molecule has 5 heteroatoms. The van der Waals surface area contributed by atoms with Gasteiger partial charge in [-0.1, -0.05) is 13.3 Å². The highest BCUT2D eigenvalue weighted by atomic mass is 16.6. The SMILES string of the molecule is CCC[C@H](NB(C)O)C(=O)OC(C)(C)C. The zero-order valence-electron chi connectivity index (χ0n) is 10.3. The van der Waals surface area contributed by atoms with Gasteiger partial charge in [-0.25, -0.2) is 0 Å². The molecule has 4 nitrogen and oxygen atoms in total. The van der Waals surface area contributed by atoms with Crippen LogP contribution in [0.5, 0.6) is 0 Å². The van der Waals surface area contributed by atoms with Gasteiger partial charge in [-0.05, 0) is 34.0 Å². The van der Waals surface area contributed by atoms with E-state index in [-0.39, 0.29) is 5.97 Å². The van der Waals surface area contributed by atoms with E-state index in [0.717, 1.165) is 6.42 Å². The predicted molar refractivity (Wildman–Crippen MR) is 61.5 cm³/mol. The van der Waals surface area contributed by atoms with E-state index >= 15 is 0 Å². The Bertz CT molecular complexity index is 201. The summed E-state index contributed by atoms with van der Waals surface area (Å²) in [4.78, 5) is 11.7. The molecule has 0 fully saturated rings. The highest BCUT2D eigenvalue weighted by Crippen LogP contribution is 2.10. The van der Waals surface area contributed by atoms with Crippen molar-refractivity contribution in [3.63, 3.8) is 0 Å². The second kappa shape index (κ2) is 6.13. The number of ether oxygens (including phenoxy) is 1. The van der Waals surface area contributed by atoms with Gasteiger partial charge in [0.1, 0.15) is 5.60 Å². The number of carbonyl (C=O) groups is 1. The lowest BCUT2D eigenvalue weighted by Crippen LogP contribution is -2.47. The molecule has 0 bridgehead atoms. The molecule has 15 heavy (non-hydrogen) atoms. The van der Waals surface area contributed by atoms with E-state index in [1.54, 1.807) is 6.82 Å². The highest BCUT2D eigenvalue weighted by molar-refractivity contribution is 6.46. The smallest absolute Gasteiger partial charge is 0.374 e. The van der Waals surface area contributed by atoms with Gasteiger partial charge in [-0.15, -0.1) is 0 Å². The van der Waals surface area contributed by atoms with Gasteiger partial charge in [0.15, 0.2) is 0 Å². The van der Waals surface area contributed by atoms with Gasteiger partial charge >= 0.3 is 13.0 Å². The van der Waals surface area contributed by atoms with E-state index in [2.05, 4.69) is 5.23 Å². The van der Waals surface area contributed by atoms with Crippen molar-refractivity contribution < 1.29 is 14.6 Å². The number of carbonyl (C=O) groups excluding carboxylic acids is 1. The second-order valence-electron chi connectivity index (χ2n) is 4.72. The fourth-order valence-electron chi connectivity index (χ4n) is 1.22. The van der Waals surface area contributed by atoms with Gasteiger partial charge in [-0.3, -0.25) is 4.79 Å². The topological polar surface area (TPSA) is 58.6 Å². The number of nitrogens with one attached hydrogen (secondary N) is 1. The fourth-order valence-corrected chi connectivity index (χ4v) is 1.22. The molecule has 0 heterocycles. The molecule has 0 aromatic rings. The Labute approximate surface area is 92.5 Å². The van der Waals surface area contributed by atoms with Crippen LogP contribution < -0.4 is 5.23 Å². The molecule has 0 saturated carbocycles. The first-order chi connectivity index (χ1) is 6.76. The Kier molecular flexibility index (Phi) is 5.91. The maximum Gasteiger partial charge on any atom is 0.374 e. The van der Waals surface area contributed by atoms with E-state index in [0.29, 0.717) is 6.42 Å². The summed E-state index contributed by atoms with van der Waals surface area (Å²) in [5.41, 5.74) is -0.483. The highest BCUT2D eigenvalue weighted by Gasteiger charge is 2.25. The maximum atomic E-state index is 11.7. The van der Waals surface area contributed by atoms with E-state index in [9.17, 15) is 9.82 Å². The average molecular weight is 215 g/mol. The summed E-state index contributed by atoms with van der Waals surface area (Å²) in [5.74, 6) is -0.301. The molecule has 0 unspecified atom stereocenters. The minimum atomic E-state index is -0.700. The quantitative estimate of drug-likeness (QED) is 0.534. The van der Waals surface area contributed by atoms with Crippen molar-refractivity contribution in [1.29, 1.82) is 0 Å². The largest absolute Gasteiger partial charge is 0.459 e. The molecule has 0 aliphatic rings. The fraction of sp³-hybridized carbons (Fsp3) is 0.900. The monoisotopic (exact) mass is 215 g/mol. The normalized spacial score (nSPS) is 13.5. The summed E-state index contributed by atoms with van der Waals surface area (Å²) in [7, 11) is -0.700. The molecule has 2 N–H and O–H groups in total. The predicted octanol–water partition coefficient (Wildman–Crippen LogP) is 1.20. The minimum absolute atomic E-state index is 0.301.